The smallest absolute Gasteiger partial charge is 0.221 e. The Bertz CT molecular complexity index is 1870. The van der Waals surface area contributed by atoms with E-state index in [1.54, 1.807) is 0 Å². The van der Waals surface area contributed by atoms with Gasteiger partial charge in [0.2, 0.25) is 5.91 Å². The molecule has 3 aromatic carbocycles. The summed E-state index contributed by atoms with van der Waals surface area (Å²) in [7, 11) is 1.85. The molecule has 2 saturated carbocycles. The van der Waals surface area contributed by atoms with Crippen LogP contribution in [0.2, 0.25) is 0 Å². The van der Waals surface area contributed by atoms with Crippen LogP contribution in [0.5, 0.6) is 0 Å². The summed E-state index contributed by atoms with van der Waals surface area (Å²) in [4.78, 5) is 33.9. The molecule has 0 spiro atoms. The number of benzene rings is 3. The number of amides is 1. The van der Waals surface area contributed by atoms with Crippen LogP contribution < -0.4 is 5.32 Å². The number of rotatable bonds is 10. The van der Waals surface area contributed by atoms with E-state index in [0.717, 1.165) is 71.0 Å². The van der Waals surface area contributed by atoms with Gasteiger partial charge in [-0.25, -0.2) is 0 Å². The number of carbonyl (C=O) groups is 2. The molecule has 4 aliphatic rings. The van der Waals surface area contributed by atoms with Crippen LogP contribution in [0.15, 0.2) is 66.7 Å². The number of aromatic nitrogens is 1. The maximum absolute atomic E-state index is 12.9. The zero-order valence-corrected chi connectivity index (χ0v) is 31.1. The topological polar surface area (TPSA) is 74.8 Å². The Morgan fingerprint density at radius 3 is 2.20 bits per heavy atom. The second-order valence-corrected chi connectivity index (χ2v) is 16.1. The molecule has 8 rings (SSSR count). The van der Waals surface area contributed by atoms with Crippen LogP contribution in [-0.4, -0.2) is 72.9 Å². The number of nitrogens with zero attached hydrogens (tertiary/aromatic N) is 3. The summed E-state index contributed by atoms with van der Waals surface area (Å²) in [6, 6.07) is 22.7. The van der Waals surface area contributed by atoms with E-state index < -0.39 is 0 Å². The van der Waals surface area contributed by atoms with Crippen molar-refractivity contribution in [3.8, 4) is 0 Å². The first-order chi connectivity index (χ1) is 24.7. The standard InChI is InChI=1S/C24H32N2O2.C20H24N2O.H2/c1-17(27)25-23-11-9-19-13-21(10-8-20(19)14-23)24(2,28-3)22-5-4-12-26(16-22)15-18-6-7-18;1-14-4-7-16-11-17(8-9-19(16)21-14)20(23)18-3-2-10-22(13-18)12-15-5-6-15;/h8-11,13-14,18,22H,4-7,12,15-16H2,1-3H3,(H,25,27);4,7-9,11,15,18H,2-3,5-6,10,12-13H2,1H3;1H. The van der Waals surface area contributed by atoms with Gasteiger partial charge >= 0.3 is 0 Å². The summed E-state index contributed by atoms with van der Waals surface area (Å²) in [5.74, 6) is 2.77. The van der Waals surface area contributed by atoms with Crippen molar-refractivity contribution in [1.82, 2.24) is 14.8 Å². The maximum atomic E-state index is 12.9. The third kappa shape index (κ3) is 8.88. The van der Waals surface area contributed by atoms with Crippen LogP contribution in [0.25, 0.3) is 21.7 Å². The highest BCUT2D eigenvalue weighted by Crippen LogP contribution is 2.41. The Hall–Kier alpha value is -3.65. The Kier molecular flexibility index (Phi) is 10.9. The lowest BCUT2D eigenvalue weighted by molar-refractivity contribution is -0.114. The van der Waals surface area contributed by atoms with E-state index >= 15 is 0 Å². The molecule has 2 aliphatic carbocycles. The first-order valence-corrected chi connectivity index (χ1v) is 19.4. The number of nitrogens with one attached hydrogen (secondary N) is 1. The summed E-state index contributed by atoms with van der Waals surface area (Å²) in [6.45, 7) is 12.7. The van der Waals surface area contributed by atoms with E-state index in [9.17, 15) is 9.59 Å². The minimum Gasteiger partial charge on any atom is -0.373 e. The summed E-state index contributed by atoms with van der Waals surface area (Å²) in [5.41, 5.74) is 4.63. The van der Waals surface area contributed by atoms with Crippen molar-refractivity contribution >= 4 is 39.1 Å². The molecule has 51 heavy (non-hydrogen) atoms. The molecule has 4 aromatic rings. The van der Waals surface area contributed by atoms with Gasteiger partial charge in [-0.05, 0) is 149 Å². The predicted molar refractivity (Wildman–Crippen MR) is 209 cm³/mol. The molecule has 2 saturated heterocycles. The average molecular weight is 691 g/mol. The van der Waals surface area contributed by atoms with E-state index in [1.165, 1.54) is 82.6 Å². The lowest BCUT2D eigenvalue weighted by Gasteiger charge is -2.43. The Balaban J connectivity index is 0.000000178. The van der Waals surface area contributed by atoms with Crippen LogP contribution in [0, 0.1) is 30.6 Å². The molecule has 7 heteroatoms. The Morgan fingerprint density at radius 2 is 1.49 bits per heavy atom. The highest BCUT2D eigenvalue weighted by atomic mass is 16.5. The molecular formula is C44H58N4O3. The quantitative estimate of drug-likeness (QED) is 0.168. The molecule has 0 bridgehead atoms. The fraction of sp³-hybridized carbons (Fsp3) is 0.523. The molecule has 7 nitrogen and oxygen atoms in total. The Morgan fingerprint density at radius 1 is 0.824 bits per heavy atom. The molecule has 3 atom stereocenters. The van der Waals surface area contributed by atoms with Gasteiger partial charge in [0.05, 0.1) is 11.1 Å². The summed E-state index contributed by atoms with van der Waals surface area (Å²) in [5, 5.41) is 6.24. The monoisotopic (exact) mass is 690 g/mol. The molecule has 3 unspecified atom stereocenters. The van der Waals surface area contributed by atoms with Crippen molar-refractivity contribution in [3.05, 3.63) is 83.6 Å². The SMILES string of the molecule is COC(C)(c1ccc2cc(NC(C)=O)ccc2c1)C1CCCN(CC2CC2)C1.Cc1ccc2cc(C(=O)C3CCCN(CC4CC4)C3)ccc2n1.[HH]. The summed E-state index contributed by atoms with van der Waals surface area (Å²) >= 11 is 0. The average Bonchev–Trinajstić information content (AvgIpc) is 4.09. The molecule has 1 amide bonds. The highest BCUT2D eigenvalue weighted by Gasteiger charge is 2.40. The number of likely N-dealkylation sites (tertiary alicyclic amines) is 2. The second-order valence-electron chi connectivity index (χ2n) is 16.1. The van der Waals surface area contributed by atoms with Crippen LogP contribution in [-0.2, 0) is 15.1 Å². The fourth-order valence-corrected chi connectivity index (χ4v) is 8.41. The van der Waals surface area contributed by atoms with Gasteiger partial charge in [0.15, 0.2) is 5.78 Å². The fourth-order valence-electron chi connectivity index (χ4n) is 8.41. The van der Waals surface area contributed by atoms with E-state index in [-0.39, 0.29) is 18.9 Å². The number of ketones is 1. The number of Topliss-reactive ketones (excluding diaryl/α,β-unsaturated/α-hetero) is 1. The van der Waals surface area contributed by atoms with Crippen molar-refractivity contribution in [1.29, 1.82) is 0 Å². The normalized spacial score (nSPS) is 22.6. The first-order valence-electron chi connectivity index (χ1n) is 19.4. The first kappa shape index (κ1) is 35.7. The number of carbonyl (C=O) groups excluding carboxylic acids is 2. The lowest BCUT2D eigenvalue weighted by atomic mass is 9.77. The van der Waals surface area contributed by atoms with Crippen LogP contribution >= 0.6 is 0 Å². The molecule has 0 radical (unpaired) electrons. The molecule has 1 aromatic heterocycles. The number of ether oxygens (including phenoxy) is 1. The van der Waals surface area contributed by atoms with Gasteiger partial charge in [0.25, 0.3) is 0 Å². The van der Waals surface area contributed by atoms with Crippen LogP contribution in [0.1, 0.15) is 88.3 Å². The number of aryl methyl sites for hydroxylation is 1. The summed E-state index contributed by atoms with van der Waals surface area (Å²) < 4.78 is 6.17. The number of piperidine rings is 2. The summed E-state index contributed by atoms with van der Waals surface area (Å²) in [6.07, 6.45) is 10.2. The van der Waals surface area contributed by atoms with Crippen LogP contribution in [0.4, 0.5) is 5.69 Å². The third-order valence-corrected chi connectivity index (χ3v) is 11.9. The van der Waals surface area contributed by atoms with Gasteiger partial charge in [-0.15, -0.1) is 0 Å². The van der Waals surface area contributed by atoms with Gasteiger partial charge in [-0.1, -0.05) is 24.3 Å². The number of hydrogen-bond donors (Lipinski definition) is 1. The zero-order valence-electron chi connectivity index (χ0n) is 31.1. The number of methoxy groups -OCH3 is 1. The number of fused-ring (bicyclic) bond motifs is 2. The van der Waals surface area contributed by atoms with E-state index in [4.69, 9.17) is 4.74 Å². The molecule has 272 valence electrons. The van der Waals surface area contributed by atoms with Crippen LogP contribution in [0.3, 0.4) is 0 Å². The molecular weight excluding hydrogens is 633 g/mol. The molecule has 3 heterocycles. The largest absolute Gasteiger partial charge is 0.373 e. The van der Waals surface area contributed by atoms with E-state index in [1.807, 2.05) is 50.4 Å². The number of hydrogen-bond acceptors (Lipinski definition) is 6. The third-order valence-electron chi connectivity index (χ3n) is 11.9. The van der Waals surface area contributed by atoms with Crippen molar-refractivity contribution in [2.24, 2.45) is 23.7 Å². The van der Waals surface area contributed by atoms with Gasteiger partial charge in [-0.3, -0.25) is 14.6 Å². The van der Waals surface area contributed by atoms with Gasteiger partial charge in [-0.2, -0.15) is 0 Å². The maximum Gasteiger partial charge on any atom is 0.221 e. The van der Waals surface area contributed by atoms with E-state index in [2.05, 4.69) is 57.4 Å². The molecule has 2 aliphatic heterocycles. The van der Waals surface area contributed by atoms with Gasteiger partial charge in [0.1, 0.15) is 0 Å². The zero-order chi connectivity index (χ0) is 35.5. The minimum absolute atomic E-state index is 0. The molecule has 1 N–H and O–H groups in total. The van der Waals surface area contributed by atoms with E-state index in [0.29, 0.717) is 11.7 Å². The Labute approximate surface area is 305 Å². The van der Waals surface area contributed by atoms with Crippen molar-refractivity contribution < 1.29 is 15.8 Å². The van der Waals surface area contributed by atoms with Crippen molar-refractivity contribution in [2.75, 3.05) is 51.7 Å². The van der Waals surface area contributed by atoms with Crippen molar-refractivity contribution in [2.45, 2.75) is 77.7 Å². The second kappa shape index (κ2) is 15.5. The highest BCUT2D eigenvalue weighted by molar-refractivity contribution is 6.01. The van der Waals surface area contributed by atoms with Gasteiger partial charge in [0, 0.05) is 75.8 Å². The van der Waals surface area contributed by atoms with Gasteiger partial charge < -0.3 is 19.9 Å². The molecule has 4 fully saturated rings. The lowest BCUT2D eigenvalue weighted by Crippen LogP contribution is -2.46. The predicted octanol–water partition coefficient (Wildman–Crippen LogP) is 8.88. The number of anilines is 1. The minimum atomic E-state index is -0.285. The number of pyridine rings is 1. The van der Waals surface area contributed by atoms with Crippen molar-refractivity contribution in [3.63, 3.8) is 0 Å².